The van der Waals surface area contributed by atoms with E-state index in [0.29, 0.717) is 6.07 Å². The number of alkyl halides is 5. The molecule has 3 N–H and O–H groups in total. The molecular formula is C8H7F5N2O2. The molecule has 0 saturated heterocycles. The number of hydrogen-bond acceptors (Lipinski definition) is 4. The minimum Gasteiger partial charge on any atom is -0.401 e. The predicted octanol–water partition coefficient (Wildman–Crippen LogP) is 1.99. The van der Waals surface area contributed by atoms with Crippen LogP contribution in [0.2, 0.25) is 0 Å². The van der Waals surface area contributed by atoms with E-state index in [2.05, 4.69) is 9.72 Å². The molecule has 1 rings (SSSR count). The second-order valence-corrected chi connectivity index (χ2v) is 2.92. The van der Waals surface area contributed by atoms with Crippen LogP contribution < -0.4 is 10.5 Å². The molecular weight excluding hydrogens is 251 g/mol. The Labute approximate surface area is 91.8 Å². The molecule has 9 heteroatoms. The highest BCUT2D eigenvalue weighted by Gasteiger charge is 2.35. The summed E-state index contributed by atoms with van der Waals surface area (Å²) in [6, 6.07) is 0.599. The quantitative estimate of drug-likeness (QED) is 0.813. The molecule has 0 aromatic carbocycles. The van der Waals surface area contributed by atoms with Gasteiger partial charge in [-0.25, -0.2) is 13.8 Å². The summed E-state index contributed by atoms with van der Waals surface area (Å²) in [6.45, 7) is -0.726. The Morgan fingerprint density at radius 1 is 1.41 bits per heavy atom. The summed E-state index contributed by atoms with van der Waals surface area (Å²) >= 11 is 0. The fraction of sp³-hybridized carbons (Fsp3) is 0.375. The van der Waals surface area contributed by atoms with Crippen LogP contribution in [0.25, 0.3) is 0 Å². The summed E-state index contributed by atoms with van der Waals surface area (Å²) < 4.78 is 64.2. The third kappa shape index (κ3) is 3.41. The Kier molecular flexibility index (Phi) is 3.71. The molecule has 4 nitrogen and oxygen atoms in total. The topological polar surface area (TPSA) is 68.4 Å². The fourth-order valence-electron chi connectivity index (χ4n) is 1.10. The first-order valence-electron chi connectivity index (χ1n) is 4.18. The van der Waals surface area contributed by atoms with Crippen LogP contribution in [0, 0.1) is 0 Å². The smallest absolute Gasteiger partial charge is 0.401 e. The molecule has 0 unspecified atom stereocenters. The number of halogens is 5. The highest BCUT2D eigenvalue weighted by Crippen LogP contribution is 2.36. The van der Waals surface area contributed by atoms with E-state index in [0.717, 1.165) is 0 Å². The van der Waals surface area contributed by atoms with Gasteiger partial charge in [0.15, 0.2) is 11.6 Å². The predicted molar refractivity (Wildman–Crippen MR) is 46.2 cm³/mol. The zero-order valence-corrected chi connectivity index (χ0v) is 8.13. The van der Waals surface area contributed by atoms with Gasteiger partial charge in [0.25, 0.3) is 6.43 Å². The lowest BCUT2D eigenvalue weighted by Gasteiger charge is -2.15. The first-order valence-corrected chi connectivity index (χ1v) is 4.18. The third-order valence-electron chi connectivity index (χ3n) is 1.70. The molecule has 0 aliphatic rings. The highest BCUT2D eigenvalue weighted by atomic mass is 19.4. The molecule has 0 radical (unpaired) electrons. The average molecular weight is 258 g/mol. The largest absolute Gasteiger partial charge is 0.573 e. The maximum Gasteiger partial charge on any atom is 0.573 e. The second-order valence-electron chi connectivity index (χ2n) is 2.92. The van der Waals surface area contributed by atoms with Gasteiger partial charge in [-0.05, 0) is 6.07 Å². The number of hydrogen-bond donors (Lipinski definition) is 2. The van der Waals surface area contributed by atoms with E-state index in [1.165, 1.54) is 0 Å². The van der Waals surface area contributed by atoms with E-state index in [4.69, 9.17) is 10.8 Å². The zero-order valence-electron chi connectivity index (χ0n) is 8.13. The maximum atomic E-state index is 12.5. The van der Waals surface area contributed by atoms with Gasteiger partial charge in [0.05, 0.1) is 17.9 Å². The van der Waals surface area contributed by atoms with E-state index < -0.39 is 36.5 Å². The van der Waals surface area contributed by atoms with Gasteiger partial charge < -0.3 is 15.6 Å². The molecule has 0 aliphatic heterocycles. The van der Waals surface area contributed by atoms with Crippen LogP contribution in [0.15, 0.2) is 6.07 Å². The molecule has 0 amide bonds. The van der Waals surface area contributed by atoms with Gasteiger partial charge >= 0.3 is 6.36 Å². The van der Waals surface area contributed by atoms with Crippen molar-refractivity contribution < 1.29 is 31.8 Å². The third-order valence-corrected chi connectivity index (χ3v) is 1.70. The van der Waals surface area contributed by atoms with Crippen molar-refractivity contribution in [1.82, 2.24) is 4.98 Å². The normalized spacial score (nSPS) is 11.9. The van der Waals surface area contributed by atoms with Crippen LogP contribution >= 0.6 is 0 Å². The van der Waals surface area contributed by atoms with E-state index >= 15 is 0 Å². The lowest BCUT2D eigenvalue weighted by Crippen LogP contribution is -2.20. The Morgan fingerprint density at radius 2 is 2.00 bits per heavy atom. The van der Waals surface area contributed by atoms with Crippen LogP contribution in [-0.4, -0.2) is 16.5 Å². The number of rotatable bonds is 3. The van der Waals surface area contributed by atoms with Crippen molar-refractivity contribution in [1.29, 1.82) is 0 Å². The standard InChI is InChI=1S/C8H7F5N2O2/c9-6(10)4-1-3(2-16)15-7(14)5(4)17-8(11,12)13/h1,6,16H,2H2,(H2,14,15). The monoisotopic (exact) mass is 258 g/mol. The van der Waals surface area contributed by atoms with E-state index in [1.807, 2.05) is 0 Å². The van der Waals surface area contributed by atoms with Gasteiger partial charge in [-0.3, -0.25) is 0 Å². The molecule has 0 saturated carbocycles. The molecule has 1 heterocycles. The van der Waals surface area contributed by atoms with Crippen LogP contribution in [0.3, 0.4) is 0 Å². The number of nitrogens with two attached hydrogens (primary N) is 1. The zero-order chi connectivity index (χ0) is 13.2. The van der Waals surface area contributed by atoms with Gasteiger partial charge in [-0.15, -0.1) is 13.2 Å². The lowest BCUT2D eigenvalue weighted by atomic mass is 10.2. The molecule has 96 valence electrons. The fourth-order valence-corrected chi connectivity index (χ4v) is 1.10. The molecule has 0 atom stereocenters. The van der Waals surface area contributed by atoms with Gasteiger partial charge in [-0.1, -0.05) is 0 Å². The molecule has 1 aromatic heterocycles. The van der Waals surface area contributed by atoms with Crippen molar-refractivity contribution in [2.45, 2.75) is 19.4 Å². The summed E-state index contributed by atoms with van der Waals surface area (Å²) in [5.74, 6) is -2.10. The Bertz CT molecular complexity index is 408. The van der Waals surface area contributed by atoms with Crippen LogP contribution in [0.5, 0.6) is 5.75 Å². The molecule has 17 heavy (non-hydrogen) atoms. The summed E-state index contributed by atoms with van der Waals surface area (Å²) in [4.78, 5) is 3.29. The van der Waals surface area contributed by atoms with Crippen molar-refractivity contribution in [3.63, 3.8) is 0 Å². The number of aliphatic hydroxyl groups is 1. The van der Waals surface area contributed by atoms with Gasteiger partial charge in [0.1, 0.15) is 0 Å². The molecule has 0 spiro atoms. The first kappa shape index (κ1) is 13.4. The van der Waals surface area contributed by atoms with Gasteiger partial charge in [0.2, 0.25) is 0 Å². The summed E-state index contributed by atoms with van der Waals surface area (Å²) in [5.41, 5.74) is 3.72. The highest BCUT2D eigenvalue weighted by molar-refractivity contribution is 5.53. The van der Waals surface area contributed by atoms with Crippen molar-refractivity contribution in [3.05, 3.63) is 17.3 Å². The van der Waals surface area contributed by atoms with Crippen molar-refractivity contribution in [2.75, 3.05) is 5.73 Å². The molecule has 0 fully saturated rings. The Morgan fingerprint density at radius 3 is 2.41 bits per heavy atom. The lowest BCUT2D eigenvalue weighted by molar-refractivity contribution is -0.275. The minimum absolute atomic E-state index is 0.271. The minimum atomic E-state index is -5.15. The number of aliphatic hydroxyl groups excluding tert-OH is 1. The number of nitrogen functional groups attached to an aromatic ring is 1. The van der Waals surface area contributed by atoms with E-state index in [-0.39, 0.29) is 5.69 Å². The summed E-state index contributed by atoms with van der Waals surface area (Å²) in [6.07, 6.45) is -8.39. The Hall–Kier alpha value is -1.64. The van der Waals surface area contributed by atoms with Crippen molar-refractivity contribution in [2.24, 2.45) is 0 Å². The molecule has 1 aromatic rings. The number of anilines is 1. The van der Waals surface area contributed by atoms with Crippen LogP contribution in [0.1, 0.15) is 17.7 Å². The van der Waals surface area contributed by atoms with E-state index in [9.17, 15) is 22.0 Å². The first-order chi connectivity index (χ1) is 7.74. The summed E-state index contributed by atoms with van der Waals surface area (Å²) in [5, 5.41) is 8.67. The van der Waals surface area contributed by atoms with Crippen molar-refractivity contribution >= 4 is 5.82 Å². The number of aromatic nitrogens is 1. The van der Waals surface area contributed by atoms with Crippen molar-refractivity contribution in [3.8, 4) is 5.75 Å². The van der Waals surface area contributed by atoms with Gasteiger partial charge in [-0.2, -0.15) is 0 Å². The van der Waals surface area contributed by atoms with Gasteiger partial charge in [0, 0.05) is 0 Å². The number of pyridine rings is 1. The average Bonchev–Trinajstić information content (AvgIpc) is 2.18. The molecule has 0 aliphatic carbocycles. The number of nitrogens with zero attached hydrogens (tertiary/aromatic N) is 1. The second kappa shape index (κ2) is 4.70. The van der Waals surface area contributed by atoms with E-state index in [1.54, 1.807) is 0 Å². The SMILES string of the molecule is Nc1nc(CO)cc(C(F)F)c1OC(F)(F)F. The van der Waals surface area contributed by atoms with Crippen LogP contribution in [-0.2, 0) is 6.61 Å². The number of ether oxygens (including phenoxy) is 1. The summed E-state index contributed by atoms with van der Waals surface area (Å²) in [7, 11) is 0. The molecule has 0 bridgehead atoms. The maximum absolute atomic E-state index is 12.5. The Balaban J connectivity index is 3.27. The van der Waals surface area contributed by atoms with Crippen LogP contribution in [0.4, 0.5) is 27.8 Å².